The van der Waals surface area contributed by atoms with Crippen LogP contribution in [0.4, 0.5) is 0 Å². The van der Waals surface area contributed by atoms with Crippen LogP contribution in [0.5, 0.6) is 0 Å². The Bertz CT molecular complexity index is 475. The van der Waals surface area contributed by atoms with E-state index in [2.05, 4.69) is 5.32 Å². The van der Waals surface area contributed by atoms with Crippen LogP contribution in [0.3, 0.4) is 0 Å². The van der Waals surface area contributed by atoms with Gasteiger partial charge in [0.2, 0.25) is 5.91 Å². The van der Waals surface area contributed by atoms with E-state index in [1.807, 2.05) is 30.5 Å². The lowest BCUT2D eigenvalue weighted by Gasteiger charge is -2.22. The Morgan fingerprint density at radius 2 is 2.15 bits per heavy atom. The largest absolute Gasteiger partial charge is 0.387 e. The maximum Gasteiger partial charge on any atom is 0.223 e. The molecule has 5 heteroatoms. The van der Waals surface area contributed by atoms with Gasteiger partial charge < -0.3 is 10.4 Å². The van der Waals surface area contributed by atoms with Gasteiger partial charge in [-0.05, 0) is 43.2 Å². The molecule has 0 aromatic heterocycles. The highest BCUT2D eigenvalue weighted by Gasteiger charge is 2.44. The van der Waals surface area contributed by atoms with E-state index < -0.39 is 5.60 Å². The van der Waals surface area contributed by atoms with Crippen LogP contribution >= 0.6 is 23.4 Å². The van der Waals surface area contributed by atoms with E-state index in [4.69, 9.17) is 11.6 Å². The third kappa shape index (κ3) is 4.14. The second-order valence-corrected chi connectivity index (χ2v) is 6.95. The van der Waals surface area contributed by atoms with Crippen molar-refractivity contribution in [2.24, 2.45) is 5.92 Å². The molecule has 2 rings (SSSR count). The summed E-state index contributed by atoms with van der Waals surface area (Å²) in [6.07, 6.45) is 2.81. The number of benzene rings is 1. The maximum atomic E-state index is 12.1. The van der Waals surface area contributed by atoms with Crippen LogP contribution in [0.1, 0.15) is 24.8 Å². The van der Waals surface area contributed by atoms with Gasteiger partial charge in [0.1, 0.15) is 0 Å². The van der Waals surface area contributed by atoms with Crippen molar-refractivity contribution in [2.75, 3.05) is 18.6 Å². The second kappa shape index (κ2) is 6.37. The van der Waals surface area contributed by atoms with Gasteiger partial charge in [-0.3, -0.25) is 4.79 Å². The Morgan fingerprint density at radius 1 is 1.50 bits per heavy atom. The number of aliphatic hydroxyl groups is 1. The van der Waals surface area contributed by atoms with Crippen molar-refractivity contribution in [1.29, 1.82) is 0 Å². The van der Waals surface area contributed by atoms with Crippen LogP contribution in [0.2, 0.25) is 5.02 Å². The molecule has 1 aliphatic carbocycles. The maximum absolute atomic E-state index is 12.1. The summed E-state index contributed by atoms with van der Waals surface area (Å²) in [5, 5.41) is 13.6. The quantitative estimate of drug-likeness (QED) is 0.849. The van der Waals surface area contributed by atoms with E-state index in [1.54, 1.807) is 18.7 Å². The molecule has 0 saturated heterocycles. The highest BCUT2D eigenvalue weighted by atomic mass is 35.5. The minimum absolute atomic E-state index is 0.0289. The van der Waals surface area contributed by atoms with Crippen LogP contribution < -0.4 is 5.32 Å². The highest BCUT2D eigenvalue weighted by molar-refractivity contribution is 7.98. The fraction of sp³-hybridized carbons (Fsp3) is 0.533. The number of halogens is 1. The molecule has 0 spiro atoms. The smallest absolute Gasteiger partial charge is 0.223 e. The first-order valence-corrected chi connectivity index (χ1v) is 8.44. The minimum Gasteiger partial charge on any atom is -0.387 e. The second-order valence-electron chi connectivity index (χ2n) is 5.65. The number of rotatable bonds is 6. The molecule has 0 radical (unpaired) electrons. The van der Waals surface area contributed by atoms with Gasteiger partial charge in [0.05, 0.1) is 5.60 Å². The number of thioether (sulfide) groups is 1. The van der Waals surface area contributed by atoms with Gasteiger partial charge >= 0.3 is 0 Å². The van der Waals surface area contributed by atoms with Crippen LogP contribution in [-0.2, 0) is 4.79 Å². The van der Waals surface area contributed by atoms with Crippen molar-refractivity contribution in [2.45, 2.75) is 24.9 Å². The molecule has 1 saturated carbocycles. The molecule has 1 fully saturated rings. The van der Waals surface area contributed by atoms with Gasteiger partial charge in [-0.15, -0.1) is 0 Å². The lowest BCUT2D eigenvalue weighted by Crippen LogP contribution is -2.43. The van der Waals surface area contributed by atoms with Crippen molar-refractivity contribution in [3.63, 3.8) is 0 Å². The van der Waals surface area contributed by atoms with E-state index in [1.165, 1.54) is 0 Å². The number of carbonyl (C=O) groups is 1. The Kier molecular flexibility index (Phi) is 4.99. The van der Waals surface area contributed by atoms with E-state index in [0.29, 0.717) is 17.3 Å². The summed E-state index contributed by atoms with van der Waals surface area (Å²) in [7, 11) is 0. The molecule has 0 heterocycles. The molecule has 2 N–H and O–H groups in total. The third-order valence-corrected chi connectivity index (χ3v) is 4.69. The fourth-order valence-electron chi connectivity index (χ4n) is 2.33. The summed E-state index contributed by atoms with van der Waals surface area (Å²) >= 11 is 7.43. The molecule has 0 bridgehead atoms. The molecule has 0 unspecified atom stereocenters. The van der Waals surface area contributed by atoms with Gasteiger partial charge in [-0.2, -0.15) is 11.8 Å². The number of nitrogens with one attached hydrogen (secondary N) is 1. The summed E-state index contributed by atoms with van der Waals surface area (Å²) in [6.45, 7) is 2.05. The molecule has 110 valence electrons. The zero-order chi connectivity index (χ0) is 14.8. The molecule has 1 aliphatic rings. The first kappa shape index (κ1) is 15.7. The summed E-state index contributed by atoms with van der Waals surface area (Å²) < 4.78 is 0. The number of hydrogen-bond acceptors (Lipinski definition) is 3. The SMILES string of the molecule is CSC[C@](C)(O)CNC(=O)[C@@H]1C[C@H]1c1ccc(Cl)cc1. The lowest BCUT2D eigenvalue weighted by atomic mass is 10.1. The number of amides is 1. The molecular weight excluding hydrogens is 294 g/mol. The predicted molar refractivity (Wildman–Crippen MR) is 84.3 cm³/mol. The fourth-order valence-corrected chi connectivity index (χ4v) is 3.18. The van der Waals surface area contributed by atoms with E-state index in [0.717, 1.165) is 12.0 Å². The van der Waals surface area contributed by atoms with E-state index in [-0.39, 0.29) is 17.7 Å². The Balaban J connectivity index is 1.83. The molecule has 1 amide bonds. The Morgan fingerprint density at radius 3 is 2.75 bits per heavy atom. The molecular formula is C15H20ClNO2S. The first-order chi connectivity index (χ1) is 9.43. The van der Waals surface area contributed by atoms with Gasteiger partial charge in [-0.25, -0.2) is 0 Å². The first-order valence-electron chi connectivity index (χ1n) is 6.67. The normalized spacial score (nSPS) is 24.0. The predicted octanol–water partition coefficient (Wildman–Crippen LogP) is 2.67. The third-order valence-electron chi connectivity index (χ3n) is 3.52. The topological polar surface area (TPSA) is 49.3 Å². The van der Waals surface area contributed by atoms with E-state index in [9.17, 15) is 9.90 Å². The lowest BCUT2D eigenvalue weighted by molar-refractivity contribution is -0.123. The monoisotopic (exact) mass is 313 g/mol. The summed E-state index contributed by atoms with van der Waals surface area (Å²) in [6, 6.07) is 7.66. The van der Waals surface area contributed by atoms with Crippen LogP contribution in [0.15, 0.2) is 24.3 Å². The van der Waals surface area contributed by atoms with E-state index >= 15 is 0 Å². The van der Waals surface area contributed by atoms with Crippen LogP contribution in [0, 0.1) is 5.92 Å². The van der Waals surface area contributed by atoms with Crippen LogP contribution in [-0.4, -0.2) is 35.2 Å². The van der Waals surface area contributed by atoms with Crippen molar-refractivity contribution in [1.82, 2.24) is 5.32 Å². The standard InChI is InChI=1S/C15H20ClNO2S/c1-15(19,9-20-2)8-17-14(18)13-7-12(13)10-3-5-11(16)6-4-10/h3-6,12-13,19H,7-9H2,1-2H3,(H,17,18)/t12-,13+,15+/m0/s1. The molecule has 0 aliphatic heterocycles. The minimum atomic E-state index is -0.847. The van der Waals surface area contributed by atoms with Gasteiger partial charge in [0.15, 0.2) is 0 Å². The Labute approximate surface area is 129 Å². The summed E-state index contributed by atoms with van der Waals surface area (Å²) in [5.74, 6) is 0.962. The van der Waals surface area contributed by atoms with Gasteiger partial charge in [0.25, 0.3) is 0 Å². The molecule has 1 aromatic carbocycles. The average Bonchev–Trinajstić information content (AvgIpc) is 3.17. The zero-order valence-corrected chi connectivity index (χ0v) is 13.3. The summed E-state index contributed by atoms with van der Waals surface area (Å²) in [4.78, 5) is 12.1. The molecule has 1 aromatic rings. The highest BCUT2D eigenvalue weighted by Crippen LogP contribution is 2.47. The van der Waals surface area contributed by atoms with Gasteiger partial charge in [0, 0.05) is 23.2 Å². The molecule has 20 heavy (non-hydrogen) atoms. The van der Waals surface area contributed by atoms with Crippen molar-refractivity contribution in [3.8, 4) is 0 Å². The van der Waals surface area contributed by atoms with Gasteiger partial charge in [-0.1, -0.05) is 23.7 Å². The number of carbonyl (C=O) groups excluding carboxylic acids is 1. The average molecular weight is 314 g/mol. The number of hydrogen-bond donors (Lipinski definition) is 2. The Hall–Kier alpha value is -0.710. The summed E-state index contributed by atoms with van der Waals surface area (Å²) in [5.41, 5.74) is 0.310. The van der Waals surface area contributed by atoms with Crippen molar-refractivity contribution >= 4 is 29.3 Å². The van der Waals surface area contributed by atoms with Crippen molar-refractivity contribution in [3.05, 3.63) is 34.9 Å². The molecule has 3 atom stereocenters. The zero-order valence-electron chi connectivity index (χ0n) is 11.7. The van der Waals surface area contributed by atoms with Crippen molar-refractivity contribution < 1.29 is 9.90 Å². The molecule has 3 nitrogen and oxygen atoms in total. The van der Waals surface area contributed by atoms with Crippen LogP contribution in [0.25, 0.3) is 0 Å².